The summed E-state index contributed by atoms with van der Waals surface area (Å²) in [5, 5.41) is 26.0. The number of benzene rings is 1. The zero-order valence-electron chi connectivity index (χ0n) is 9.10. The van der Waals surface area contributed by atoms with Gasteiger partial charge in [-0.15, -0.1) is 0 Å². The van der Waals surface area contributed by atoms with Crippen LogP contribution in [-0.4, -0.2) is 22.1 Å². The Balaban J connectivity index is 3.28. The molecule has 0 radical (unpaired) electrons. The van der Waals surface area contributed by atoms with Crippen molar-refractivity contribution in [3.63, 3.8) is 0 Å². The summed E-state index contributed by atoms with van der Waals surface area (Å²) in [5.74, 6) is -0.933. The Labute approximate surface area is 96.0 Å². The van der Waals surface area contributed by atoms with Crippen molar-refractivity contribution in [2.24, 2.45) is 0 Å². The summed E-state index contributed by atoms with van der Waals surface area (Å²) in [6, 6.07) is 1.94. The van der Waals surface area contributed by atoms with Crippen LogP contribution in [0.5, 0.6) is 11.5 Å². The number of hydrogen-bond acceptors (Lipinski definition) is 3. The van der Waals surface area contributed by atoms with Gasteiger partial charge < -0.3 is 10.2 Å². The molecule has 0 saturated carbocycles. The SMILES string of the molecule is CCCc1c(O)ccc(C(=N)C(F)(F)F)c1O. The summed E-state index contributed by atoms with van der Waals surface area (Å²) < 4.78 is 37.0. The molecule has 0 aliphatic rings. The van der Waals surface area contributed by atoms with Crippen LogP contribution in [0, 0.1) is 5.41 Å². The summed E-state index contributed by atoms with van der Waals surface area (Å²) in [7, 11) is 0. The Morgan fingerprint density at radius 3 is 2.35 bits per heavy atom. The van der Waals surface area contributed by atoms with Crippen LogP contribution in [0.3, 0.4) is 0 Å². The molecule has 6 heteroatoms. The lowest BCUT2D eigenvalue weighted by molar-refractivity contribution is -0.0588. The molecule has 0 aromatic heterocycles. The van der Waals surface area contributed by atoms with Crippen LogP contribution in [0.2, 0.25) is 0 Å². The molecule has 0 fully saturated rings. The van der Waals surface area contributed by atoms with E-state index in [-0.39, 0.29) is 17.7 Å². The van der Waals surface area contributed by atoms with E-state index in [4.69, 9.17) is 5.41 Å². The van der Waals surface area contributed by atoms with E-state index in [0.717, 1.165) is 12.1 Å². The van der Waals surface area contributed by atoms with Gasteiger partial charge in [-0.05, 0) is 18.6 Å². The van der Waals surface area contributed by atoms with Gasteiger partial charge in [0.2, 0.25) is 0 Å². The minimum absolute atomic E-state index is 0.0407. The van der Waals surface area contributed by atoms with E-state index in [2.05, 4.69) is 0 Å². The third-order valence-electron chi connectivity index (χ3n) is 2.31. The third-order valence-corrected chi connectivity index (χ3v) is 2.31. The first-order valence-corrected chi connectivity index (χ1v) is 4.99. The van der Waals surface area contributed by atoms with Gasteiger partial charge in [0, 0.05) is 11.1 Å². The highest BCUT2D eigenvalue weighted by Crippen LogP contribution is 2.34. The van der Waals surface area contributed by atoms with Gasteiger partial charge in [0.05, 0.1) is 0 Å². The van der Waals surface area contributed by atoms with Crippen molar-refractivity contribution in [3.8, 4) is 11.5 Å². The lowest BCUT2D eigenvalue weighted by Crippen LogP contribution is -2.23. The van der Waals surface area contributed by atoms with Crippen LogP contribution in [0.1, 0.15) is 24.5 Å². The van der Waals surface area contributed by atoms with E-state index >= 15 is 0 Å². The number of nitrogens with one attached hydrogen (secondary N) is 1. The quantitative estimate of drug-likeness (QED) is 0.719. The first kappa shape index (κ1) is 13.3. The molecule has 0 amide bonds. The summed E-state index contributed by atoms with van der Waals surface area (Å²) in [4.78, 5) is 0. The summed E-state index contributed by atoms with van der Waals surface area (Å²) >= 11 is 0. The number of rotatable bonds is 3. The zero-order chi connectivity index (χ0) is 13.2. The molecule has 3 N–H and O–H groups in total. The Kier molecular flexibility index (Phi) is 3.65. The maximum Gasteiger partial charge on any atom is 0.433 e. The van der Waals surface area contributed by atoms with Crippen LogP contribution < -0.4 is 0 Å². The lowest BCUT2D eigenvalue weighted by Gasteiger charge is -2.13. The molecule has 0 spiro atoms. The second kappa shape index (κ2) is 4.65. The largest absolute Gasteiger partial charge is 0.508 e. The highest BCUT2D eigenvalue weighted by molar-refractivity contribution is 6.04. The van der Waals surface area contributed by atoms with Crippen LogP contribution in [-0.2, 0) is 6.42 Å². The second-order valence-corrected chi connectivity index (χ2v) is 3.58. The van der Waals surface area contributed by atoms with Gasteiger partial charge in [0.25, 0.3) is 0 Å². The highest BCUT2D eigenvalue weighted by Gasteiger charge is 2.37. The Morgan fingerprint density at radius 2 is 1.88 bits per heavy atom. The number of phenols is 2. The molecule has 1 aromatic rings. The van der Waals surface area contributed by atoms with Gasteiger partial charge in [-0.25, -0.2) is 0 Å². The van der Waals surface area contributed by atoms with Crippen LogP contribution >= 0.6 is 0 Å². The van der Waals surface area contributed by atoms with Crippen LogP contribution in [0.25, 0.3) is 0 Å². The molecule has 0 aliphatic carbocycles. The minimum Gasteiger partial charge on any atom is -0.508 e. The molecule has 1 aromatic carbocycles. The standard InChI is InChI=1S/C11H12F3NO2/c1-2-3-6-8(16)5-4-7(9(6)17)10(15)11(12,13)14/h4-5,15-17H,2-3H2,1H3. The number of hydrogen-bond donors (Lipinski definition) is 3. The number of phenolic OH excluding ortho intramolecular Hbond substituents is 2. The fraction of sp³-hybridized carbons (Fsp3) is 0.364. The van der Waals surface area contributed by atoms with E-state index in [0.29, 0.717) is 6.42 Å². The fourth-order valence-electron chi connectivity index (χ4n) is 1.48. The predicted octanol–water partition coefficient (Wildman–Crippen LogP) is 2.98. The van der Waals surface area contributed by atoms with Crippen molar-refractivity contribution in [2.75, 3.05) is 0 Å². The van der Waals surface area contributed by atoms with Gasteiger partial charge in [-0.2, -0.15) is 13.2 Å². The molecule has 0 saturated heterocycles. The second-order valence-electron chi connectivity index (χ2n) is 3.58. The van der Waals surface area contributed by atoms with Crippen molar-refractivity contribution in [3.05, 3.63) is 23.3 Å². The highest BCUT2D eigenvalue weighted by atomic mass is 19.4. The van der Waals surface area contributed by atoms with E-state index < -0.39 is 23.2 Å². The molecule has 3 nitrogen and oxygen atoms in total. The van der Waals surface area contributed by atoms with E-state index in [1.807, 2.05) is 0 Å². The van der Waals surface area contributed by atoms with Crippen LogP contribution in [0.4, 0.5) is 13.2 Å². The molecule has 0 aliphatic heterocycles. The molecule has 17 heavy (non-hydrogen) atoms. The van der Waals surface area contributed by atoms with Crippen molar-refractivity contribution in [1.82, 2.24) is 0 Å². The fourth-order valence-corrected chi connectivity index (χ4v) is 1.48. The van der Waals surface area contributed by atoms with E-state index in [1.54, 1.807) is 6.92 Å². The Bertz CT molecular complexity index is 441. The average molecular weight is 247 g/mol. The van der Waals surface area contributed by atoms with E-state index in [9.17, 15) is 23.4 Å². The maximum absolute atomic E-state index is 12.3. The van der Waals surface area contributed by atoms with Crippen molar-refractivity contribution < 1.29 is 23.4 Å². The average Bonchev–Trinajstić information content (AvgIpc) is 2.22. The van der Waals surface area contributed by atoms with Crippen molar-refractivity contribution in [1.29, 1.82) is 5.41 Å². The van der Waals surface area contributed by atoms with E-state index in [1.165, 1.54) is 0 Å². The molecule has 1 rings (SSSR count). The Hall–Kier alpha value is -1.72. The smallest absolute Gasteiger partial charge is 0.433 e. The maximum atomic E-state index is 12.3. The first-order chi connectivity index (χ1) is 7.79. The van der Waals surface area contributed by atoms with Gasteiger partial charge >= 0.3 is 6.18 Å². The molecular formula is C11H12F3NO2. The molecular weight excluding hydrogens is 235 g/mol. The number of halogens is 3. The summed E-state index contributed by atoms with van der Waals surface area (Å²) in [6.07, 6.45) is -4.02. The number of alkyl halides is 3. The first-order valence-electron chi connectivity index (χ1n) is 4.99. The lowest BCUT2D eigenvalue weighted by atomic mass is 10.0. The Morgan fingerprint density at radius 1 is 1.29 bits per heavy atom. The van der Waals surface area contributed by atoms with Gasteiger partial charge in [0.15, 0.2) is 0 Å². The summed E-state index contributed by atoms with van der Waals surface area (Å²) in [6.45, 7) is 1.76. The van der Waals surface area contributed by atoms with Crippen molar-refractivity contribution in [2.45, 2.75) is 25.9 Å². The molecule has 0 heterocycles. The minimum atomic E-state index is -4.82. The monoisotopic (exact) mass is 247 g/mol. The van der Waals surface area contributed by atoms with Gasteiger partial charge in [-0.1, -0.05) is 13.3 Å². The molecule has 0 atom stereocenters. The summed E-state index contributed by atoms with van der Waals surface area (Å²) in [5.41, 5.74) is -2.19. The third kappa shape index (κ3) is 2.69. The molecule has 94 valence electrons. The molecule has 0 bridgehead atoms. The zero-order valence-corrected chi connectivity index (χ0v) is 9.10. The topological polar surface area (TPSA) is 64.3 Å². The molecule has 0 unspecified atom stereocenters. The number of aromatic hydroxyl groups is 2. The van der Waals surface area contributed by atoms with Gasteiger partial charge in [0.1, 0.15) is 17.2 Å². The van der Waals surface area contributed by atoms with Crippen LogP contribution in [0.15, 0.2) is 12.1 Å². The van der Waals surface area contributed by atoms with Gasteiger partial charge in [-0.3, -0.25) is 5.41 Å². The predicted molar refractivity (Wildman–Crippen MR) is 56.7 cm³/mol. The normalized spacial score (nSPS) is 11.5. The van der Waals surface area contributed by atoms with Crippen molar-refractivity contribution >= 4 is 5.71 Å².